The number of fused-ring (bicyclic) bond motifs is 1. The van der Waals surface area contributed by atoms with Crippen molar-refractivity contribution in [2.45, 2.75) is 25.3 Å². The van der Waals surface area contributed by atoms with Crippen molar-refractivity contribution in [1.82, 2.24) is 20.2 Å². The fourth-order valence-electron chi connectivity index (χ4n) is 3.17. The maximum Gasteiger partial charge on any atom is 0.318 e. The number of amides is 2. The molecular formula is C18H20F2N4O3. The molecule has 0 radical (unpaired) electrons. The van der Waals surface area contributed by atoms with Crippen LogP contribution in [-0.2, 0) is 16.0 Å². The number of imidazole rings is 1. The number of aromatic amines is 1. The molecule has 2 heterocycles. The Morgan fingerprint density at radius 3 is 2.96 bits per heavy atom. The summed E-state index contributed by atoms with van der Waals surface area (Å²) in [5, 5.41) is 2.73. The van der Waals surface area contributed by atoms with Crippen LogP contribution in [0, 0.1) is 11.6 Å². The molecule has 9 heteroatoms. The standard InChI is InChI=1S/C18H20F2N4O3/c1-27-15(25)3-2-7-21-18(26)24-8-6-14-16(23-10-22-14)17(24)12-5-4-11(19)9-13(12)20/h4-5,9-10,17H,2-3,6-8H2,1H3,(H,21,26)(H,22,23). The second kappa shape index (κ2) is 8.15. The highest BCUT2D eigenvalue weighted by molar-refractivity contribution is 5.76. The Kier molecular flexibility index (Phi) is 5.68. The summed E-state index contributed by atoms with van der Waals surface area (Å²) in [4.78, 5) is 32.5. The van der Waals surface area contributed by atoms with Gasteiger partial charge in [0.25, 0.3) is 0 Å². The zero-order chi connectivity index (χ0) is 19.4. The molecule has 1 atom stereocenters. The van der Waals surface area contributed by atoms with Gasteiger partial charge in [-0.3, -0.25) is 4.79 Å². The average molecular weight is 378 g/mol. The number of esters is 1. The third kappa shape index (κ3) is 4.07. The van der Waals surface area contributed by atoms with Crippen LogP contribution in [0.1, 0.15) is 35.8 Å². The monoisotopic (exact) mass is 378 g/mol. The van der Waals surface area contributed by atoms with Crippen molar-refractivity contribution in [3.8, 4) is 0 Å². The number of benzene rings is 1. The van der Waals surface area contributed by atoms with Crippen molar-refractivity contribution >= 4 is 12.0 Å². The molecule has 1 aromatic heterocycles. The zero-order valence-corrected chi connectivity index (χ0v) is 14.8. The van der Waals surface area contributed by atoms with Gasteiger partial charge in [0.15, 0.2) is 0 Å². The first-order valence-corrected chi connectivity index (χ1v) is 8.59. The minimum absolute atomic E-state index is 0.175. The summed E-state index contributed by atoms with van der Waals surface area (Å²) in [7, 11) is 1.30. The van der Waals surface area contributed by atoms with E-state index in [4.69, 9.17) is 0 Å². The van der Waals surface area contributed by atoms with Crippen LogP contribution in [0.5, 0.6) is 0 Å². The average Bonchev–Trinajstić information content (AvgIpc) is 3.13. The number of aromatic nitrogens is 2. The van der Waals surface area contributed by atoms with E-state index >= 15 is 0 Å². The van der Waals surface area contributed by atoms with E-state index in [-0.39, 0.29) is 24.5 Å². The minimum Gasteiger partial charge on any atom is -0.469 e. The number of hydrogen-bond acceptors (Lipinski definition) is 4. The number of H-pyrrole nitrogens is 1. The van der Waals surface area contributed by atoms with Gasteiger partial charge in [0.05, 0.1) is 19.1 Å². The number of carbonyl (C=O) groups is 2. The molecule has 2 amide bonds. The van der Waals surface area contributed by atoms with Gasteiger partial charge in [0, 0.05) is 43.3 Å². The third-order valence-electron chi connectivity index (χ3n) is 4.50. The van der Waals surface area contributed by atoms with Crippen LogP contribution < -0.4 is 5.32 Å². The van der Waals surface area contributed by atoms with E-state index in [0.29, 0.717) is 25.1 Å². The highest BCUT2D eigenvalue weighted by Crippen LogP contribution is 2.34. The fraction of sp³-hybridized carbons (Fsp3) is 0.389. The number of ether oxygens (including phenoxy) is 1. The van der Waals surface area contributed by atoms with Crippen molar-refractivity contribution in [3.63, 3.8) is 0 Å². The molecule has 144 valence electrons. The Bertz CT molecular complexity index is 840. The van der Waals surface area contributed by atoms with Crippen molar-refractivity contribution < 1.29 is 23.1 Å². The Labute approximate surface area is 154 Å². The van der Waals surface area contributed by atoms with Crippen molar-refractivity contribution in [2.75, 3.05) is 20.2 Å². The Hall–Kier alpha value is -2.97. The Morgan fingerprint density at radius 1 is 1.41 bits per heavy atom. The quantitative estimate of drug-likeness (QED) is 0.617. The molecule has 1 aromatic carbocycles. The molecule has 0 spiro atoms. The van der Waals surface area contributed by atoms with E-state index in [0.717, 1.165) is 17.8 Å². The molecule has 7 nitrogen and oxygen atoms in total. The van der Waals surface area contributed by atoms with Gasteiger partial charge in [-0.25, -0.2) is 18.6 Å². The summed E-state index contributed by atoms with van der Waals surface area (Å²) >= 11 is 0. The van der Waals surface area contributed by atoms with E-state index in [9.17, 15) is 18.4 Å². The van der Waals surface area contributed by atoms with Gasteiger partial charge in [-0.1, -0.05) is 6.07 Å². The molecule has 27 heavy (non-hydrogen) atoms. The van der Waals surface area contributed by atoms with Gasteiger partial charge in [0.1, 0.15) is 17.7 Å². The maximum atomic E-state index is 14.4. The number of urea groups is 1. The molecule has 0 saturated carbocycles. The van der Waals surface area contributed by atoms with E-state index in [1.54, 1.807) is 0 Å². The smallest absolute Gasteiger partial charge is 0.318 e. The van der Waals surface area contributed by atoms with Gasteiger partial charge in [-0.2, -0.15) is 0 Å². The summed E-state index contributed by atoms with van der Waals surface area (Å²) in [6.45, 7) is 0.621. The van der Waals surface area contributed by atoms with E-state index in [1.807, 2.05) is 0 Å². The Morgan fingerprint density at radius 2 is 2.22 bits per heavy atom. The lowest BCUT2D eigenvalue weighted by Crippen LogP contribution is -2.46. The lowest BCUT2D eigenvalue weighted by molar-refractivity contribution is -0.140. The fourth-order valence-corrected chi connectivity index (χ4v) is 3.17. The zero-order valence-electron chi connectivity index (χ0n) is 14.8. The second-order valence-corrected chi connectivity index (χ2v) is 6.19. The molecule has 1 aliphatic heterocycles. The second-order valence-electron chi connectivity index (χ2n) is 6.19. The molecule has 0 aliphatic carbocycles. The van der Waals surface area contributed by atoms with Crippen LogP contribution in [0.4, 0.5) is 13.6 Å². The van der Waals surface area contributed by atoms with E-state index < -0.39 is 23.7 Å². The molecule has 0 fully saturated rings. The normalized spacial score (nSPS) is 16.0. The molecule has 1 unspecified atom stereocenters. The third-order valence-corrected chi connectivity index (χ3v) is 4.50. The number of nitrogens with one attached hydrogen (secondary N) is 2. The van der Waals surface area contributed by atoms with E-state index in [1.165, 1.54) is 24.4 Å². The van der Waals surface area contributed by atoms with Gasteiger partial charge in [-0.05, 0) is 12.5 Å². The number of halogens is 2. The first kappa shape index (κ1) is 18.8. The molecule has 0 bridgehead atoms. The molecule has 1 aliphatic rings. The first-order valence-electron chi connectivity index (χ1n) is 8.59. The van der Waals surface area contributed by atoms with Crippen molar-refractivity contribution in [3.05, 3.63) is 53.1 Å². The lowest BCUT2D eigenvalue weighted by atomic mass is 9.95. The van der Waals surface area contributed by atoms with Gasteiger partial charge in [-0.15, -0.1) is 0 Å². The molecule has 0 saturated heterocycles. The van der Waals surface area contributed by atoms with E-state index in [2.05, 4.69) is 20.0 Å². The number of nitrogens with zero attached hydrogens (tertiary/aromatic N) is 2. The van der Waals surface area contributed by atoms with Gasteiger partial charge >= 0.3 is 12.0 Å². The molecule has 3 rings (SSSR count). The number of methoxy groups -OCH3 is 1. The SMILES string of the molecule is COC(=O)CCCNC(=O)N1CCc2[nH]cnc2C1c1ccc(F)cc1F. The van der Waals surface area contributed by atoms with Crippen LogP contribution >= 0.6 is 0 Å². The number of rotatable bonds is 5. The highest BCUT2D eigenvalue weighted by Gasteiger charge is 2.35. The van der Waals surface area contributed by atoms with Crippen molar-refractivity contribution in [2.24, 2.45) is 0 Å². The van der Waals surface area contributed by atoms with Gasteiger partial charge in [0.2, 0.25) is 0 Å². The van der Waals surface area contributed by atoms with Crippen molar-refractivity contribution in [1.29, 1.82) is 0 Å². The lowest BCUT2D eigenvalue weighted by Gasteiger charge is -2.35. The predicted octanol–water partition coefficient (Wildman–Crippen LogP) is 2.30. The molecular weight excluding hydrogens is 358 g/mol. The predicted molar refractivity (Wildman–Crippen MR) is 91.8 cm³/mol. The van der Waals surface area contributed by atoms with Crippen LogP contribution in [0.25, 0.3) is 0 Å². The van der Waals surface area contributed by atoms with Crippen LogP contribution in [0.3, 0.4) is 0 Å². The number of carbonyl (C=O) groups excluding carboxylic acids is 2. The van der Waals surface area contributed by atoms with Gasteiger partial charge < -0.3 is 19.9 Å². The topological polar surface area (TPSA) is 87.3 Å². The largest absolute Gasteiger partial charge is 0.469 e. The summed E-state index contributed by atoms with van der Waals surface area (Å²) in [6.07, 6.45) is 2.66. The van der Waals surface area contributed by atoms with Crippen LogP contribution in [0.15, 0.2) is 24.5 Å². The minimum atomic E-state index is -0.763. The van der Waals surface area contributed by atoms with Crippen LogP contribution in [-0.4, -0.2) is 47.1 Å². The summed E-state index contributed by atoms with van der Waals surface area (Å²) in [5.41, 5.74) is 1.53. The first-order chi connectivity index (χ1) is 13.0. The van der Waals surface area contributed by atoms with Crippen LogP contribution in [0.2, 0.25) is 0 Å². The highest BCUT2D eigenvalue weighted by atomic mass is 19.1. The maximum absolute atomic E-state index is 14.4. The Balaban J connectivity index is 1.79. The molecule has 2 aromatic rings. The summed E-state index contributed by atoms with van der Waals surface area (Å²) < 4.78 is 32.3. The molecule has 2 N–H and O–H groups in total. The summed E-state index contributed by atoms with van der Waals surface area (Å²) in [6, 6.07) is 2.12. The number of hydrogen-bond donors (Lipinski definition) is 2. The summed E-state index contributed by atoms with van der Waals surface area (Å²) in [5.74, 6) is -1.78.